The number of halogens is 3. The van der Waals surface area contributed by atoms with Crippen LogP contribution in [0.3, 0.4) is 0 Å². The molecule has 0 amide bonds. The van der Waals surface area contributed by atoms with Gasteiger partial charge in [-0.05, 0) is 83.1 Å². The third-order valence-corrected chi connectivity index (χ3v) is 5.07. The first kappa shape index (κ1) is 23.3. The van der Waals surface area contributed by atoms with Crippen molar-refractivity contribution in [2.24, 2.45) is 5.92 Å². The number of likely N-dealkylation sites (tertiary alicyclic amines) is 1. The molecule has 1 N–H and O–H groups in total. The Morgan fingerprint density at radius 2 is 1.85 bits per heavy atom. The Kier molecular flexibility index (Phi) is 9.98. The van der Waals surface area contributed by atoms with E-state index in [9.17, 15) is 0 Å². The third kappa shape index (κ3) is 6.14. The monoisotopic (exact) mass is 419 g/mol. The molecule has 0 radical (unpaired) electrons. The maximum atomic E-state index is 6.03. The van der Waals surface area contributed by atoms with E-state index in [2.05, 4.69) is 15.2 Å². The Bertz CT molecular complexity index is 653. The molecular weight excluding hydrogens is 393 g/mol. The number of benzene rings is 1. The van der Waals surface area contributed by atoms with E-state index in [1.54, 1.807) is 0 Å². The average Bonchev–Trinajstić information content (AvgIpc) is 2.95. The molecule has 0 bridgehead atoms. The minimum absolute atomic E-state index is 0. The number of aromatic nitrogens is 1. The molecule has 1 aliphatic heterocycles. The second-order valence-corrected chi connectivity index (χ2v) is 7.08. The Morgan fingerprint density at radius 3 is 2.46 bits per heavy atom. The van der Waals surface area contributed by atoms with E-state index in [1.807, 2.05) is 38.2 Å². The van der Waals surface area contributed by atoms with Crippen molar-refractivity contribution >= 4 is 36.4 Å². The number of hydrogen-bond acceptors (Lipinski definition) is 4. The van der Waals surface area contributed by atoms with Crippen LogP contribution in [0, 0.1) is 12.8 Å². The molecule has 1 aliphatic rings. The van der Waals surface area contributed by atoms with Crippen molar-refractivity contribution < 1.29 is 4.42 Å². The van der Waals surface area contributed by atoms with Gasteiger partial charge in [0.15, 0.2) is 5.76 Å². The van der Waals surface area contributed by atoms with Crippen LogP contribution in [0.5, 0.6) is 0 Å². The summed E-state index contributed by atoms with van der Waals surface area (Å²) in [6, 6.07) is 7.72. The van der Waals surface area contributed by atoms with Crippen LogP contribution in [0.2, 0.25) is 5.02 Å². The molecule has 2 aromatic rings. The fourth-order valence-corrected chi connectivity index (χ4v) is 3.49. The molecule has 1 aromatic carbocycles. The van der Waals surface area contributed by atoms with Crippen LogP contribution < -0.4 is 5.32 Å². The van der Waals surface area contributed by atoms with Gasteiger partial charge < -0.3 is 9.73 Å². The summed E-state index contributed by atoms with van der Waals surface area (Å²) in [5, 5.41) is 3.98. The molecule has 4 nitrogen and oxygen atoms in total. The van der Waals surface area contributed by atoms with Gasteiger partial charge in [0.1, 0.15) is 0 Å². The normalized spacial score (nSPS) is 15.3. The van der Waals surface area contributed by atoms with Gasteiger partial charge in [0.25, 0.3) is 0 Å². The van der Waals surface area contributed by atoms with E-state index >= 15 is 0 Å². The summed E-state index contributed by atoms with van der Waals surface area (Å²) in [4.78, 5) is 7.07. The first-order valence-electron chi connectivity index (χ1n) is 8.75. The van der Waals surface area contributed by atoms with Gasteiger partial charge in [-0.15, -0.1) is 24.8 Å². The molecule has 7 heteroatoms. The number of rotatable bonds is 6. The molecule has 0 unspecified atom stereocenters. The standard InChI is InChI=1S/C19H26ClN3O.2ClH/c1-14-19(16-3-5-17(20)6-4-16)24-18(22-14)13-23-11-8-15(9-12-23)7-10-21-2;;/h3-6,15,21H,7-13H2,1-2H3;2*1H. The fourth-order valence-electron chi connectivity index (χ4n) is 3.36. The molecule has 0 atom stereocenters. The Balaban J connectivity index is 0.00000169. The minimum Gasteiger partial charge on any atom is -0.439 e. The van der Waals surface area contributed by atoms with Crippen molar-refractivity contribution in [3.8, 4) is 11.3 Å². The molecule has 2 heterocycles. The largest absolute Gasteiger partial charge is 0.439 e. The highest BCUT2D eigenvalue weighted by Gasteiger charge is 2.21. The van der Waals surface area contributed by atoms with Gasteiger partial charge in [-0.3, -0.25) is 4.90 Å². The molecule has 26 heavy (non-hydrogen) atoms. The summed E-state index contributed by atoms with van der Waals surface area (Å²) in [5.74, 6) is 2.52. The highest BCUT2D eigenvalue weighted by atomic mass is 35.5. The number of aryl methyl sites for hydroxylation is 1. The van der Waals surface area contributed by atoms with Gasteiger partial charge in [0, 0.05) is 10.6 Å². The molecule has 3 rings (SSSR count). The van der Waals surface area contributed by atoms with Crippen LogP contribution >= 0.6 is 36.4 Å². The second kappa shape index (κ2) is 11.2. The van der Waals surface area contributed by atoms with Gasteiger partial charge in [-0.1, -0.05) is 11.6 Å². The summed E-state index contributed by atoms with van der Waals surface area (Å²) in [6.45, 7) is 6.18. The van der Waals surface area contributed by atoms with E-state index in [0.717, 1.165) is 60.0 Å². The van der Waals surface area contributed by atoms with Crippen LogP contribution in [0.25, 0.3) is 11.3 Å². The number of nitrogens with one attached hydrogen (secondary N) is 1. The van der Waals surface area contributed by atoms with Crippen molar-refractivity contribution in [2.75, 3.05) is 26.7 Å². The highest BCUT2D eigenvalue weighted by Crippen LogP contribution is 2.27. The minimum atomic E-state index is 0. The Morgan fingerprint density at radius 1 is 1.19 bits per heavy atom. The summed E-state index contributed by atoms with van der Waals surface area (Å²) in [5.41, 5.74) is 1.97. The van der Waals surface area contributed by atoms with E-state index in [1.165, 1.54) is 19.3 Å². The van der Waals surface area contributed by atoms with Gasteiger partial charge >= 0.3 is 0 Å². The zero-order valence-electron chi connectivity index (χ0n) is 15.3. The first-order chi connectivity index (χ1) is 11.7. The molecule has 0 saturated carbocycles. The lowest BCUT2D eigenvalue weighted by atomic mass is 9.93. The van der Waals surface area contributed by atoms with Crippen molar-refractivity contribution in [2.45, 2.75) is 32.7 Å². The lowest BCUT2D eigenvalue weighted by Crippen LogP contribution is -2.34. The predicted molar refractivity (Wildman–Crippen MR) is 113 cm³/mol. The first-order valence-corrected chi connectivity index (χ1v) is 9.12. The topological polar surface area (TPSA) is 41.3 Å². The van der Waals surface area contributed by atoms with E-state index < -0.39 is 0 Å². The molecular formula is C19H28Cl3N3O. The molecule has 0 aliphatic carbocycles. The van der Waals surface area contributed by atoms with Crippen molar-refractivity contribution in [1.82, 2.24) is 15.2 Å². The molecule has 1 fully saturated rings. The molecule has 146 valence electrons. The lowest BCUT2D eigenvalue weighted by Gasteiger charge is -2.31. The highest BCUT2D eigenvalue weighted by molar-refractivity contribution is 6.30. The van der Waals surface area contributed by atoms with Crippen LogP contribution in [-0.4, -0.2) is 36.6 Å². The number of piperidine rings is 1. The third-order valence-electron chi connectivity index (χ3n) is 4.82. The Hall–Kier alpha value is -0.780. The summed E-state index contributed by atoms with van der Waals surface area (Å²) < 4.78 is 6.03. The van der Waals surface area contributed by atoms with E-state index in [0.29, 0.717) is 0 Å². The lowest BCUT2D eigenvalue weighted by molar-refractivity contribution is 0.160. The van der Waals surface area contributed by atoms with Gasteiger partial charge in [0.2, 0.25) is 5.89 Å². The van der Waals surface area contributed by atoms with E-state index in [4.69, 9.17) is 16.0 Å². The maximum absolute atomic E-state index is 6.03. The molecule has 1 saturated heterocycles. The van der Waals surface area contributed by atoms with Crippen LogP contribution in [-0.2, 0) is 6.54 Å². The molecule has 1 aromatic heterocycles. The van der Waals surface area contributed by atoms with Crippen LogP contribution in [0.15, 0.2) is 28.7 Å². The average molecular weight is 421 g/mol. The van der Waals surface area contributed by atoms with Crippen LogP contribution in [0.4, 0.5) is 0 Å². The van der Waals surface area contributed by atoms with Crippen molar-refractivity contribution in [3.63, 3.8) is 0 Å². The van der Waals surface area contributed by atoms with Crippen molar-refractivity contribution in [1.29, 1.82) is 0 Å². The number of oxazole rings is 1. The van der Waals surface area contributed by atoms with Gasteiger partial charge in [-0.25, -0.2) is 4.98 Å². The van der Waals surface area contributed by atoms with E-state index in [-0.39, 0.29) is 24.8 Å². The number of hydrogen-bond donors (Lipinski definition) is 1. The second-order valence-electron chi connectivity index (χ2n) is 6.64. The Labute approximate surface area is 173 Å². The zero-order chi connectivity index (χ0) is 16.9. The SMILES string of the molecule is CNCCC1CCN(Cc2nc(C)c(-c3ccc(Cl)cc3)o2)CC1.Cl.Cl. The van der Waals surface area contributed by atoms with Crippen LogP contribution in [0.1, 0.15) is 30.8 Å². The number of nitrogens with zero attached hydrogens (tertiary/aromatic N) is 2. The fraction of sp³-hybridized carbons (Fsp3) is 0.526. The summed E-state index contributed by atoms with van der Waals surface area (Å²) in [7, 11) is 2.03. The van der Waals surface area contributed by atoms with Gasteiger partial charge in [-0.2, -0.15) is 0 Å². The predicted octanol–water partition coefficient (Wildman–Crippen LogP) is 4.97. The smallest absolute Gasteiger partial charge is 0.209 e. The molecule has 0 spiro atoms. The van der Waals surface area contributed by atoms with Gasteiger partial charge in [0.05, 0.1) is 12.2 Å². The maximum Gasteiger partial charge on any atom is 0.209 e. The summed E-state index contributed by atoms with van der Waals surface area (Å²) in [6.07, 6.45) is 3.82. The summed E-state index contributed by atoms with van der Waals surface area (Å²) >= 11 is 5.96. The van der Waals surface area contributed by atoms with Crippen molar-refractivity contribution in [3.05, 3.63) is 40.9 Å². The zero-order valence-corrected chi connectivity index (χ0v) is 17.7. The quantitative estimate of drug-likeness (QED) is 0.716.